The van der Waals surface area contributed by atoms with E-state index < -0.39 is 0 Å². The van der Waals surface area contributed by atoms with Gasteiger partial charge in [-0.25, -0.2) is 0 Å². The van der Waals surface area contributed by atoms with Gasteiger partial charge in [0.05, 0.1) is 0 Å². The van der Waals surface area contributed by atoms with Gasteiger partial charge in [0.15, 0.2) is 0 Å². The molecule has 0 aliphatic heterocycles. The van der Waals surface area contributed by atoms with Gasteiger partial charge in [-0.1, -0.05) is 32.1 Å². The average molecular weight is 173 g/mol. The number of rotatable bonds is 1. The summed E-state index contributed by atoms with van der Waals surface area (Å²) in [6.07, 6.45) is 9.90. The molecule has 0 heterocycles. The number of halogens is 1. The highest BCUT2D eigenvalue weighted by Gasteiger charge is 2.33. The molecule has 0 saturated heterocycles. The summed E-state index contributed by atoms with van der Waals surface area (Å²) in [5.41, 5.74) is 0. The van der Waals surface area contributed by atoms with E-state index in [-0.39, 0.29) is 0 Å². The summed E-state index contributed by atoms with van der Waals surface area (Å²) in [6.45, 7) is 0. The Morgan fingerprint density at radius 2 is 1.55 bits per heavy atom. The second kappa shape index (κ2) is 3.35. The van der Waals surface area contributed by atoms with Crippen molar-refractivity contribution in [2.75, 3.05) is 0 Å². The summed E-state index contributed by atoms with van der Waals surface area (Å²) in [5, 5.41) is 0.522. The fraction of sp³-hybridized carbons (Fsp3) is 1.00. The molecule has 0 aromatic carbocycles. The highest BCUT2D eigenvalue weighted by molar-refractivity contribution is 6.20. The molecule has 2 aliphatic carbocycles. The quantitative estimate of drug-likeness (QED) is 0.531. The Kier molecular flexibility index (Phi) is 2.41. The van der Waals surface area contributed by atoms with Crippen molar-refractivity contribution in [3.8, 4) is 0 Å². The van der Waals surface area contributed by atoms with E-state index in [2.05, 4.69) is 0 Å². The molecule has 0 spiro atoms. The molecule has 2 rings (SSSR count). The molecular formula is C10H17Cl. The van der Waals surface area contributed by atoms with Crippen LogP contribution in [0.2, 0.25) is 0 Å². The Labute approximate surface area is 74.3 Å². The average Bonchev–Trinajstić information content (AvgIpc) is 1.90. The van der Waals surface area contributed by atoms with Crippen molar-refractivity contribution in [1.29, 1.82) is 0 Å². The van der Waals surface area contributed by atoms with Gasteiger partial charge in [0.2, 0.25) is 0 Å². The van der Waals surface area contributed by atoms with Crippen LogP contribution < -0.4 is 0 Å². The topological polar surface area (TPSA) is 0 Å². The van der Waals surface area contributed by atoms with Crippen LogP contribution in [0.25, 0.3) is 0 Å². The number of hydrogen-bond acceptors (Lipinski definition) is 0. The van der Waals surface area contributed by atoms with Crippen molar-refractivity contribution in [2.24, 2.45) is 11.8 Å². The van der Waals surface area contributed by atoms with Crippen molar-refractivity contribution in [1.82, 2.24) is 0 Å². The molecule has 0 radical (unpaired) electrons. The van der Waals surface area contributed by atoms with Gasteiger partial charge < -0.3 is 0 Å². The minimum atomic E-state index is 0.522. The maximum Gasteiger partial charge on any atom is 0.0366 e. The number of alkyl halides is 1. The van der Waals surface area contributed by atoms with Gasteiger partial charge >= 0.3 is 0 Å². The molecule has 0 aromatic rings. The fourth-order valence-electron chi connectivity index (χ4n) is 2.51. The molecule has 0 bridgehead atoms. The van der Waals surface area contributed by atoms with Crippen molar-refractivity contribution in [3.05, 3.63) is 0 Å². The third kappa shape index (κ3) is 1.56. The Morgan fingerprint density at radius 3 is 2.09 bits per heavy atom. The van der Waals surface area contributed by atoms with Crippen LogP contribution in [-0.2, 0) is 0 Å². The van der Waals surface area contributed by atoms with E-state index in [9.17, 15) is 0 Å². The first-order chi connectivity index (χ1) is 5.38. The summed E-state index contributed by atoms with van der Waals surface area (Å²) < 4.78 is 0. The Balaban J connectivity index is 1.88. The van der Waals surface area contributed by atoms with Gasteiger partial charge in [-0.15, -0.1) is 11.6 Å². The van der Waals surface area contributed by atoms with Crippen LogP contribution >= 0.6 is 11.6 Å². The molecule has 2 unspecified atom stereocenters. The highest BCUT2D eigenvalue weighted by atomic mass is 35.5. The first kappa shape index (κ1) is 7.91. The van der Waals surface area contributed by atoms with Crippen molar-refractivity contribution in [3.63, 3.8) is 0 Å². The predicted molar refractivity (Wildman–Crippen MR) is 48.9 cm³/mol. The van der Waals surface area contributed by atoms with Gasteiger partial charge in [-0.05, 0) is 24.7 Å². The minimum absolute atomic E-state index is 0.522. The van der Waals surface area contributed by atoms with Crippen LogP contribution in [0.5, 0.6) is 0 Å². The molecule has 2 atom stereocenters. The van der Waals surface area contributed by atoms with E-state index in [1.807, 2.05) is 0 Å². The van der Waals surface area contributed by atoms with E-state index in [4.69, 9.17) is 11.6 Å². The zero-order valence-corrected chi connectivity index (χ0v) is 7.82. The SMILES string of the molecule is ClC1CCCCC1C1CCC1. The number of hydrogen-bond donors (Lipinski definition) is 0. The van der Waals surface area contributed by atoms with Gasteiger partial charge in [0.25, 0.3) is 0 Å². The minimum Gasteiger partial charge on any atom is -0.123 e. The fourth-order valence-corrected chi connectivity index (χ4v) is 3.00. The van der Waals surface area contributed by atoms with Gasteiger partial charge in [-0.3, -0.25) is 0 Å². The second-order valence-corrected chi connectivity index (χ2v) is 4.72. The summed E-state index contributed by atoms with van der Waals surface area (Å²) in [5.74, 6) is 1.90. The molecule has 0 N–H and O–H groups in total. The van der Waals surface area contributed by atoms with Crippen LogP contribution in [0.1, 0.15) is 44.9 Å². The van der Waals surface area contributed by atoms with E-state index in [1.54, 1.807) is 0 Å². The molecule has 2 saturated carbocycles. The Morgan fingerprint density at radius 1 is 0.818 bits per heavy atom. The molecule has 2 aliphatic rings. The lowest BCUT2D eigenvalue weighted by Gasteiger charge is -2.39. The van der Waals surface area contributed by atoms with Crippen LogP contribution in [0.4, 0.5) is 0 Å². The van der Waals surface area contributed by atoms with E-state index in [0.29, 0.717) is 5.38 Å². The van der Waals surface area contributed by atoms with E-state index in [1.165, 1.54) is 44.9 Å². The predicted octanol–water partition coefficient (Wildman–Crippen LogP) is 3.58. The third-order valence-electron chi connectivity index (χ3n) is 3.49. The monoisotopic (exact) mass is 172 g/mol. The van der Waals surface area contributed by atoms with Gasteiger partial charge in [-0.2, -0.15) is 0 Å². The zero-order chi connectivity index (χ0) is 7.68. The van der Waals surface area contributed by atoms with Crippen LogP contribution in [0, 0.1) is 11.8 Å². The van der Waals surface area contributed by atoms with Crippen molar-refractivity contribution >= 4 is 11.6 Å². The maximum atomic E-state index is 6.29. The normalized spacial score (nSPS) is 40.1. The highest BCUT2D eigenvalue weighted by Crippen LogP contribution is 2.42. The summed E-state index contributed by atoms with van der Waals surface area (Å²) in [4.78, 5) is 0. The molecule has 2 fully saturated rings. The lowest BCUT2D eigenvalue weighted by atomic mass is 9.70. The zero-order valence-electron chi connectivity index (χ0n) is 7.06. The lowest BCUT2D eigenvalue weighted by Crippen LogP contribution is -2.31. The largest absolute Gasteiger partial charge is 0.123 e. The van der Waals surface area contributed by atoms with Crippen molar-refractivity contribution < 1.29 is 0 Å². The van der Waals surface area contributed by atoms with E-state index >= 15 is 0 Å². The molecule has 0 aromatic heterocycles. The Hall–Kier alpha value is 0.290. The molecular weight excluding hydrogens is 156 g/mol. The second-order valence-electron chi connectivity index (χ2n) is 4.16. The first-order valence-corrected chi connectivity index (χ1v) is 5.45. The summed E-state index contributed by atoms with van der Waals surface area (Å²) in [7, 11) is 0. The van der Waals surface area contributed by atoms with E-state index in [0.717, 1.165) is 11.8 Å². The maximum absolute atomic E-state index is 6.29. The summed E-state index contributed by atoms with van der Waals surface area (Å²) in [6, 6.07) is 0. The van der Waals surface area contributed by atoms with Crippen LogP contribution in [0.15, 0.2) is 0 Å². The van der Waals surface area contributed by atoms with Gasteiger partial charge in [0.1, 0.15) is 0 Å². The summed E-state index contributed by atoms with van der Waals surface area (Å²) >= 11 is 6.29. The smallest absolute Gasteiger partial charge is 0.0366 e. The standard InChI is InChI=1S/C10H17Cl/c11-10-7-2-1-6-9(10)8-4-3-5-8/h8-10H,1-7H2. The Bertz CT molecular complexity index is 127. The molecule has 0 amide bonds. The first-order valence-electron chi connectivity index (χ1n) is 5.02. The molecule has 1 heteroatoms. The van der Waals surface area contributed by atoms with Crippen molar-refractivity contribution in [2.45, 2.75) is 50.3 Å². The third-order valence-corrected chi connectivity index (χ3v) is 4.03. The molecule has 64 valence electrons. The van der Waals surface area contributed by atoms with Gasteiger partial charge in [0, 0.05) is 5.38 Å². The lowest BCUT2D eigenvalue weighted by molar-refractivity contribution is 0.165. The molecule has 11 heavy (non-hydrogen) atoms. The van der Waals surface area contributed by atoms with Crippen LogP contribution in [-0.4, -0.2) is 5.38 Å². The van der Waals surface area contributed by atoms with Crippen LogP contribution in [0.3, 0.4) is 0 Å². The molecule has 0 nitrogen and oxygen atoms in total.